The molecule has 0 saturated carbocycles. The van der Waals surface area contributed by atoms with Crippen LogP contribution in [0.15, 0.2) is 142 Å². The fourth-order valence-corrected chi connectivity index (χ4v) is 7.77. The molecule has 12 nitrogen and oxygen atoms in total. The van der Waals surface area contributed by atoms with Crippen LogP contribution in [0.3, 0.4) is 0 Å². The quantitative estimate of drug-likeness (QED) is 0.152. The van der Waals surface area contributed by atoms with Crippen LogP contribution in [0.25, 0.3) is 16.7 Å². The van der Waals surface area contributed by atoms with Crippen LogP contribution in [0.2, 0.25) is 0 Å². The van der Waals surface area contributed by atoms with E-state index in [1.54, 1.807) is 0 Å². The van der Waals surface area contributed by atoms with Crippen LogP contribution < -0.4 is 80.7 Å². The van der Waals surface area contributed by atoms with Crippen LogP contribution >= 0.6 is 0 Å². The zero-order chi connectivity index (χ0) is 36.0. The predicted octanol–water partition coefficient (Wildman–Crippen LogP) is -12.3. The van der Waals surface area contributed by atoms with Crippen LogP contribution in [0.1, 0.15) is 28.9 Å². The summed E-state index contributed by atoms with van der Waals surface area (Å²) in [7, 11) is 16.5. The number of fused-ring (bicyclic) bond motifs is 5. The number of hydrogen-bond donors (Lipinski definition) is 0. The van der Waals surface area contributed by atoms with Crippen molar-refractivity contribution in [2.75, 3.05) is 14.1 Å². The Balaban J connectivity index is 0.00000150. The van der Waals surface area contributed by atoms with Gasteiger partial charge in [-0.2, -0.15) is 0 Å². The summed E-state index contributed by atoms with van der Waals surface area (Å²) in [6.07, 6.45) is 29.1. The first-order chi connectivity index (χ1) is 25.1. The molecule has 0 fully saturated rings. The van der Waals surface area contributed by atoms with Crippen LogP contribution in [0, 0.1) is 0 Å². The standard InChI is InChI=1S/C40H40N12.5ClH.Mn/c1-45-17-18-46(2)37(45)33-25-9-11-27(41-25)34(38-47(3)19-20-48(38)4)29-13-15-31(43-29)36(40-51(7)23-24-52(40)8)32-16-14-30(44-32)35(28-12-10-26(33)42-28)39-49(5)21-22-50(39)6;;;;;;/h9-24H,1-8H3;5*1H;/q+2;;;;;;+3/p-5. The molecule has 0 radical (unpaired) electrons. The third-order valence-corrected chi connectivity index (χ3v) is 10.2. The number of nitrogens with zero attached hydrogens (tertiary/aromatic N) is 12. The van der Waals surface area contributed by atoms with Crippen molar-refractivity contribution in [3.63, 3.8) is 0 Å². The van der Waals surface area contributed by atoms with Crippen molar-refractivity contribution < 1.29 is 92.8 Å². The SMILES string of the molecule is CN1C=CN(C)C1=C1C2=NC(=C(c3n(C)cc[n+]3C)C3=NC(=C(c4n(C)cc[n+]4C)c4ccc([n-]4)C(c4n(C)cc[n+]4C)=C4C=CC1=N4)C=C3)C=C2.[Cl-].[Cl-].[Cl-].[Cl-].[Cl-].[Mn+3]. The van der Waals surface area contributed by atoms with Gasteiger partial charge in [0.2, 0.25) is 0 Å². The zero-order valence-electron chi connectivity index (χ0n) is 32.9. The third kappa shape index (κ3) is 7.57. The van der Waals surface area contributed by atoms with E-state index in [-0.39, 0.29) is 79.1 Å². The molecule has 5 aliphatic rings. The molecule has 4 aromatic rings. The van der Waals surface area contributed by atoms with Gasteiger partial charge >= 0.3 is 17.1 Å². The summed E-state index contributed by atoms with van der Waals surface area (Å²) in [6.45, 7) is 0. The molecule has 9 rings (SSSR count). The molecule has 0 atom stereocenters. The van der Waals surface area contributed by atoms with E-state index in [1.807, 2.05) is 0 Å². The number of aromatic nitrogens is 7. The van der Waals surface area contributed by atoms with Gasteiger partial charge in [0.25, 0.3) is 17.5 Å². The summed E-state index contributed by atoms with van der Waals surface area (Å²) in [6, 6.07) is 4.20. The molecule has 0 unspecified atom stereocenters. The molecular formula is C40H40Cl5MnN12. The van der Waals surface area contributed by atoms with E-state index in [1.165, 1.54) is 0 Å². The number of aliphatic imine (C=N–C) groups is 3. The molecule has 9 heterocycles. The first kappa shape index (κ1) is 47.8. The van der Waals surface area contributed by atoms with Gasteiger partial charge in [0.05, 0.1) is 93.2 Å². The molecular weight excluding hydrogens is 881 g/mol. The Morgan fingerprint density at radius 3 is 1.14 bits per heavy atom. The first-order valence-corrected chi connectivity index (χ1v) is 17.2. The fourth-order valence-electron chi connectivity index (χ4n) is 7.77. The van der Waals surface area contributed by atoms with Gasteiger partial charge < -0.3 is 76.8 Å². The Morgan fingerprint density at radius 2 is 0.793 bits per heavy atom. The van der Waals surface area contributed by atoms with Gasteiger partial charge in [0, 0.05) is 26.5 Å². The van der Waals surface area contributed by atoms with Gasteiger partial charge in [-0.15, -0.1) is 11.4 Å². The van der Waals surface area contributed by atoms with Gasteiger partial charge in [-0.25, -0.2) is 42.4 Å². The molecule has 4 aromatic heterocycles. The normalized spacial score (nSPS) is 16.2. The monoisotopic (exact) mass is 918 g/mol. The Kier molecular flexibility index (Phi) is 14.9. The van der Waals surface area contributed by atoms with E-state index >= 15 is 0 Å². The number of imidazole rings is 3. The van der Waals surface area contributed by atoms with Crippen LogP contribution in [0.4, 0.5) is 0 Å². The van der Waals surface area contributed by atoms with Crippen molar-refractivity contribution >= 4 is 33.9 Å². The van der Waals surface area contributed by atoms with Gasteiger partial charge in [0.15, 0.2) is 0 Å². The molecule has 18 heteroatoms. The molecule has 58 heavy (non-hydrogen) atoms. The minimum absolute atomic E-state index is 0. The van der Waals surface area contributed by atoms with E-state index in [0.29, 0.717) is 0 Å². The maximum atomic E-state index is 5.40. The second-order valence-electron chi connectivity index (χ2n) is 13.7. The molecule has 0 amide bonds. The van der Waals surface area contributed by atoms with E-state index in [4.69, 9.17) is 20.0 Å². The largest absolute Gasteiger partial charge is 3.00 e. The number of rotatable bonds is 3. The second-order valence-corrected chi connectivity index (χ2v) is 13.7. The summed E-state index contributed by atoms with van der Waals surface area (Å²) in [4.78, 5) is 25.9. The third-order valence-electron chi connectivity index (χ3n) is 10.2. The van der Waals surface area contributed by atoms with E-state index in [0.717, 1.165) is 91.2 Å². The van der Waals surface area contributed by atoms with Crippen molar-refractivity contribution in [3.05, 3.63) is 156 Å². The molecule has 0 aliphatic carbocycles. The van der Waals surface area contributed by atoms with Crippen molar-refractivity contribution in [2.45, 2.75) is 0 Å². The Hall–Kier alpha value is -4.59. The number of halogens is 5. The predicted molar refractivity (Wildman–Crippen MR) is 200 cm³/mol. The van der Waals surface area contributed by atoms with Gasteiger partial charge in [-0.1, -0.05) is 12.1 Å². The summed E-state index contributed by atoms with van der Waals surface area (Å²) in [5.41, 5.74) is 10.4. The van der Waals surface area contributed by atoms with Gasteiger partial charge in [-0.05, 0) is 36.5 Å². The molecule has 5 aliphatic heterocycles. The van der Waals surface area contributed by atoms with E-state index < -0.39 is 0 Å². The van der Waals surface area contributed by atoms with Crippen LogP contribution in [-0.2, 0) is 59.4 Å². The first-order valence-electron chi connectivity index (χ1n) is 17.2. The minimum atomic E-state index is 0. The molecule has 0 saturated heterocycles. The van der Waals surface area contributed by atoms with Crippen molar-refractivity contribution in [3.8, 4) is 0 Å². The molecule has 0 spiro atoms. The summed E-state index contributed by atoms with van der Waals surface area (Å²) >= 11 is 0. The Morgan fingerprint density at radius 1 is 0.466 bits per heavy atom. The van der Waals surface area contributed by atoms with E-state index in [9.17, 15) is 0 Å². The van der Waals surface area contributed by atoms with Crippen LogP contribution in [-0.4, -0.2) is 54.7 Å². The molecule has 0 aromatic carbocycles. The fraction of sp³-hybridized carbons (Fsp3) is 0.200. The van der Waals surface area contributed by atoms with E-state index in [2.05, 4.69) is 192 Å². The molecule has 302 valence electrons. The van der Waals surface area contributed by atoms with Crippen molar-refractivity contribution in [1.29, 1.82) is 0 Å². The number of allylic oxidation sites excluding steroid dienone is 8. The number of aryl methyl sites for hydroxylation is 6. The van der Waals surface area contributed by atoms with Gasteiger partial charge in [-0.3, -0.25) is 0 Å². The Bertz CT molecular complexity index is 2560. The van der Waals surface area contributed by atoms with Gasteiger partial charge in [0.1, 0.15) is 48.6 Å². The Labute approximate surface area is 379 Å². The zero-order valence-corrected chi connectivity index (χ0v) is 37.8. The topological polar surface area (TPSA) is 84.1 Å². The summed E-state index contributed by atoms with van der Waals surface area (Å²) < 4.78 is 12.7. The number of hydrogen-bond acceptors (Lipinski definition) is 5. The summed E-state index contributed by atoms with van der Waals surface area (Å²) in [5.74, 6) is 3.96. The average Bonchev–Trinajstić information content (AvgIpc) is 3.98. The minimum Gasteiger partial charge on any atom is -1.00 e. The molecule has 8 bridgehead atoms. The van der Waals surface area contributed by atoms with Crippen molar-refractivity contribution in [1.82, 2.24) is 28.5 Å². The second kappa shape index (κ2) is 18.1. The smallest absolute Gasteiger partial charge is 1.00 e. The molecule has 0 N–H and O–H groups in total. The maximum Gasteiger partial charge on any atom is 3.00 e. The average molecular weight is 921 g/mol. The summed E-state index contributed by atoms with van der Waals surface area (Å²) in [5, 5.41) is 0. The maximum absolute atomic E-state index is 5.40. The van der Waals surface area contributed by atoms with Crippen molar-refractivity contribution in [2.24, 2.45) is 57.3 Å². The van der Waals surface area contributed by atoms with Crippen LogP contribution in [0.5, 0.6) is 0 Å².